The summed E-state index contributed by atoms with van der Waals surface area (Å²) in [6, 6.07) is 15.8. The van der Waals surface area contributed by atoms with E-state index >= 15 is 0 Å². The number of aromatic nitrogens is 1. The normalized spacial score (nSPS) is 13.2. The second-order valence-corrected chi connectivity index (χ2v) is 7.97. The van der Waals surface area contributed by atoms with Crippen molar-refractivity contribution in [3.63, 3.8) is 0 Å². The van der Waals surface area contributed by atoms with E-state index in [0.717, 1.165) is 29.7 Å². The van der Waals surface area contributed by atoms with Crippen molar-refractivity contribution in [3.05, 3.63) is 69.8 Å². The van der Waals surface area contributed by atoms with Gasteiger partial charge in [-0.05, 0) is 60.8 Å². The smallest absolute Gasteiger partial charge is 0.315 e. The number of rotatable bonds is 6. The molecule has 0 fully saturated rings. The fourth-order valence-corrected chi connectivity index (χ4v) is 4.70. The van der Waals surface area contributed by atoms with Gasteiger partial charge in [0.15, 0.2) is 5.75 Å². The minimum Gasteiger partial charge on any atom is -0.490 e. The van der Waals surface area contributed by atoms with E-state index in [2.05, 4.69) is 23.5 Å². The van der Waals surface area contributed by atoms with E-state index in [9.17, 15) is 10.1 Å². The maximum Gasteiger partial charge on any atom is 0.315 e. The molecule has 168 valence electrons. The fraction of sp³-hybridized carbons (Fsp3) is 0.269. The first-order chi connectivity index (χ1) is 16.1. The van der Waals surface area contributed by atoms with Crippen molar-refractivity contribution in [3.8, 4) is 22.8 Å². The van der Waals surface area contributed by atoms with Gasteiger partial charge in [-0.25, -0.2) is 4.98 Å². The predicted molar refractivity (Wildman–Crippen MR) is 129 cm³/mol. The summed E-state index contributed by atoms with van der Waals surface area (Å²) in [5, 5.41) is 18.9. The van der Waals surface area contributed by atoms with E-state index in [4.69, 9.17) is 14.5 Å². The molecule has 0 aliphatic carbocycles. The third-order valence-corrected chi connectivity index (χ3v) is 6.04. The number of nitro benzene ring substituents is 1. The Morgan fingerprint density at radius 3 is 2.67 bits per heavy atom. The molecule has 33 heavy (non-hydrogen) atoms. The second kappa shape index (κ2) is 8.67. The molecule has 0 spiro atoms. The van der Waals surface area contributed by atoms with Crippen LogP contribution in [0.3, 0.4) is 0 Å². The summed E-state index contributed by atoms with van der Waals surface area (Å²) in [5.41, 5.74) is 4.50. The lowest BCUT2D eigenvalue weighted by molar-refractivity contribution is -0.385. The highest BCUT2D eigenvalue weighted by Gasteiger charge is 2.26. The molecule has 1 aromatic heterocycles. The van der Waals surface area contributed by atoms with Crippen molar-refractivity contribution in [2.24, 2.45) is 0 Å². The summed E-state index contributed by atoms with van der Waals surface area (Å²) in [4.78, 5) is 16.5. The molecule has 0 atom stereocenters. The lowest BCUT2D eigenvalue weighted by atomic mass is 9.90. The summed E-state index contributed by atoms with van der Waals surface area (Å²) in [7, 11) is 0. The lowest BCUT2D eigenvalue weighted by Gasteiger charge is -2.23. The van der Waals surface area contributed by atoms with Crippen molar-refractivity contribution in [1.29, 1.82) is 0 Å². The zero-order valence-corrected chi connectivity index (χ0v) is 18.7. The lowest BCUT2D eigenvalue weighted by Crippen LogP contribution is -2.25. The van der Waals surface area contributed by atoms with Crippen LogP contribution in [0.1, 0.15) is 25.0 Å². The summed E-state index contributed by atoms with van der Waals surface area (Å²) in [6.45, 7) is 5.85. The van der Waals surface area contributed by atoms with Gasteiger partial charge in [-0.2, -0.15) is 0 Å². The third-order valence-electron chi connectivity index (χ3n) is 6.04. The van der Waals surface area contributed by atoms with Gasteiger partial charge in [0.25, 0.3) is 0 Å². The van der Waals surface area contributed by atoms with E-state index in [1.165, 1.54) is 21.7 Å². The Bertz CT molecular complexity index is 1380. The van der Waals surface area contributed by atoms with Crippen molar-refractivity contribution in [2.75, 3.05) is 19.8 Å². The molecule has 1 aliphatic heterocycles. The van der Waals surface area contributed by atoms with E-state index in [0.29, 0.717) is 31.1 Å². The van der Waals surface area contributed by atoms with Gasteiger partial charge in [-0.1, -0.05) is 30.3 Å². The molecule has 2 heterocycles. The molecule has 1 N–H and O–H groups in total. The van der Waals surface area contributed by atoms with Gasteiger partial charge in [0.1, 0.15) is 0 Å². The van der Waals surface area contributed by atoms with Gasteiger partial charge in [-0.15, -0.1) is 0 Å². The van der Waals surface area contributed by atoms with Gasteiger partial charge in [0.2, 0.25) is 5.75 Å². The molecule has 0 amide bonds. The van der Waals surface area contributed by atoms with E-state index in [1.54, 1.807) is 13.0 Å². The molecule has 5 rings (SSSR count). The summed E-state index contributed by atoms with van der Waals surface area (Å²) in [5.74, 6) is 0.522. The number of pyridine rings is 1. The van der Waals surface area contributed by atoms with Gasteiger partial charge in [0.05, 0.1) is 29.3 Å². The van der Waals surface area contributed by atoms with Crippen molar-refractivity contribution >= 4 is 27.4 Å². The number of fused-ring (bicyclic) bond motifs is 5. The molecule has 0 bridgehead atoms. The van der Waals surface area contributed by atoms with Crippen LogP contribution in [0.5, 0.6) is 11.5 Å². The molecule has 4 aromatic rings. The SMILES string of the molecule is CCOc1cc(-c2nc3ccc4ccccc4c3c3c2CNCC3)cc([N+](=O)[O-])c1OCC. The number of hydrogen-bond acceptors (Lipinski definition) is 6. The van der Waals surface area contributed by atoms with Crippen molar-refractivity contribution in [2.45, 2.75) is 26.8 Å². The average molecular weight is 444 g/mol. The topological polar surface area (TPSA) is 86.5 Å². The molecule has 3 aromatic carbocycles. The van der Waals surface area contributed by atoms with Crippen LogP contribution >= 0.6 is 0 Å². The number of hydrogen-bond donors (Lipinski definition) is 1. The van der Waals surface area contributed by atoms with Crippen LogP contribution < -0.4 is 14.8 Å². The highest BCUT2D eigenvalue weighted by molar-refractivity contribution is 6.09. The minimum absolute atomic E-state index is 0.115. The minimum atomic E-state index is -0.420. The van der Waals surface area contributed by atoms with Crippen LogP contribution in [0.15, 0.2) is 48.5 Å². The maximum absolute atomic E-state index is 11.9. The first kappa shape index (κ1) is 21.2. The second-order valence-electron chi connectivity index (χ2n) is 7.97. The monoisotopic (exact) mass is 443 g/mol. The highest BCUT2D eigenvalue weighted by Crippen LogP contribution is 2.43. The van der Waals surface area contributed by atoms with E-state index in [1.807, 2.05) is 31.2 Å². The first-order valence-corrected chi connectivity index (χ1v) is 11.2. The molecular formula is C26H25N3O4. The van der Waals surface area contributed by atoms with Crippen LogP contribution in [0.2, 0.25) is 0 Å². The van der Waals surface area contributed by atoms with Gasteiger partial charge in [0, 0.05) is 23.6 Å². The number of nitrogens with zero attached hydrogens (tertiary/aromatic N) is 2. The molecule has 0 radical (unpaired) electrons. The summed E-state index contributed by atoms with van der Waals surface area (Å²) >= 11 is 0. The Morgan fingerprint density at radius 2 is 1.88 bits per heavy atom. The Kier molecular flexibility index (Phi) is 5.56. The molecule has 7 nitrogen and oxygen atoms in total. The Morgan fingerprint density at radius 1 is 1.06 bits per heavy atom. The predicted octanol–water partition coefficient (Wildman–Crippen LogP) is 5.41. The van der Waals surface area contributed by atoms with Gasteiger partial charge < -0.3 is 14.8 Å². The largest absolute Gasteiger partial charge is 0.490 e. The Balaban J connectivity index is 1.82. The molecule has 0 saturated heterocycles. The third kappa shape index (κ3) is 3.64. The molecule has 0 unspecified atom stereocenters. The molecule has 7 heteroatoms. The Labute approximate surface area is 191 Å². The number of ether oxygens (including phenoxy) is 2. The summed E-state index contributed by atoms with van der Waals surface area (Å²) in [6.07, 6.45) is 0.868. The molecule has 0 saturated carbocycles. The number of nitrogens with one attached hydrogen (secondary N) is 1. The standard InChI is InChI=1S/C26H25N3O4/c1-3-32-23-14-17(13-22(29(30)31)26(23)33-4-2)25-20-15-27-12-11-19(20)24-18-8-6-5-7-16(18)9-10-21(24)28-25/h5-10,13-14,27H,3-4,11-12,15H2,1-2H3. The molecular weight excluding hydrogens is 418 g/mol. The van der Waals surface area contributed by atoms with Crippen LogP contribution in [0, 0.1) is 10.1 Å². The van der Waals surface area contributed by atoms with Gasteiger partial charge in [-0.3, -0.25) is 10.1 Å². The maximum atomic E-state index is 11.9. The number of nitro groups is 1. The van der Waals surface area contributed by atoms with Gasteiger partial charge >= 0.3 is 5.69 Å². The Hall–Kier alpha value is -3.71. The number of benzene rings is 3. The summed E-state index contributed by atoms with van der Waals surface area (Å²) < 4.78 is 11.4. The van der Waals surface area contributed by atoms with Crippen molar-refractivity contribution < 1.29 is 14.4 Å². The quantitative estimate of drug-likeness (QED) is 0.244. The molecule has 1 aliphatic rings. The van der Waals surface area contributed by atoms with Crippen LogP contribution in [-0.4, -0.2) is 29.7 Å². The average Bonchev–Trinajstić information content (AvgIpc) is 2.84. The first-order valence-electron chi connectivity index (χ1n) is 11.2. The van der Waals surface area contributed by atoms with E-state index in [-0.39, 0.29) is 11.4 Å². The zero-order valence-electron chi connectivity index (χ0n) is 18.7. The van der Waals surface area contributed by atoms with Crippen molar-refractivity contribution in [1.82, 2.24) is 10.3 Å². The fourth-order valence-electron chi connectivity index (χ4n) is 4.70. The zero-order chi connectivity index (χ0) is 22.9. The van der Waals surface area contributed by atoms with Crippen LogP contribution in [0.25, 0.3) is 32.9 Å². The highest BCUT2D eigenvalue weighted by atomic mass is 16.6. The van der Waals surface area contributed by atoms with Crippen LogP contribution in [0.4, 0.5) is 5.69 Å². The van der Waals surface area contributed by atoms with Crippen LogP contribution in [-0.2, 0) is 13.0 Å². The van der Waals surface area contributed by atoms with E-state index < -0.39 is 4.92 Å².